The topological polar surface area (TPSA) is 40.1 Å². The van der Waals surface area contributed by atoms with Crippen LogP contribution in [0.5, 0.6) is 0 Å². The maximum absolute atomic E-state index is 14.1. The Labute approximate surface area is 142 Å². The van der Waals surface area contributed by atoms with Crippen molar-refractivity contribution in [2.24, 2.45) is 0 Å². The van der Waals surface area contributed by atoms with Gasteiger partial charge in [0.15, 0.2) is 0 Å². The van der Waals surface area contributed by atoms with Gasteiger partial charge >= 0.3 is 0 Å². The Morgan fingerprint density at radius 3 is 2.26 bits per heavy atom. The molecule has 1 atom stereocenters. The van der Waals surface area contributed by atoms with Crippen LogP contribution in [0.2, 0.25) is 5.02 Å². The van der Waals surface area contributed by atoms with E-state index in [1.165, 1.54) is 11.6 Å². The smallest absolute Gasteiger partial charge is 0.127 e. The zero-order chi connectivity index (χ0) is 16.4. The van der Waals surface area contributed by atoms with Crippen LogP contribution in [0.1, 0.15) is 36.0 Å². The van der Waals surface area contributed by atoms with E-state index in [9.17, 15) is 13.2 Å². The Morgan fingerprint density at radius 1 is 1.04 bits per heavy atom. The van der Waals surface area contributed by atoms with Crippen LogP contribution in [0.25, 0.3) is 11.1 Å². The highest BCUT2D eigenvalue weighted by Gasteiger charge is 2.18. The van der Waals surface area contributed by atoms with E-state index in [0.717, 1.165) is 36.0 Å². The predicted molar refractivity (Wildman–Crippen MR) is 91.1 cm³/mol. The maximum Gasteiger partial charge on any atom is 0.127 e. The molecule has 0 spiro atoms. The molecule has 1 aliphatic rings. The molecule has 0 N–H and O–H groups in total. The molecule has 3 rings (SSSR count). The number of halogens is 2. The van der Waals surface area contributed by atoms with Gasteiger partial charge in [0.25, 0.3) is 0 Å². The van der Waals surface area contributed by atoms with Gasteiger partial charge in [0.2, 0.25) is 0 Å². The lowest BCUT2D eigenvalue weighted by Gasteiger charge is -2.11. The maximum atomic E-state index is 14.1. The second-order valence-corrected chi connectivity index (χ2v) is 6.90. The van der Waals surface area contributed by atoms with Crippen LogP contribution in [0.4, 0.5) is 4.39 Å². The molecule has 0 fully saturated rings. The fourth-order valence-electron chi connectivity index (χ4n) is 3.01. The van der Waals surface area contributed by atoms with E-state index in [2.05, 4.69) is 0 Å². The predicted octanol–water partition coefficient (Wildman–Crippen LogP) is 4.95. The first kappa shape index (κ1) is 16.4. The van der Waals surface area contributed by atoms with Crippen molar-refractivity contribution in [1.82, 2.24) is 0 Å². The zero-order valence-electron chi connectivity index (χ0n) is 12.4. The van der Waals surface area contributed by atoms with E-state index in [-0.39, 0.29) is 11.3 Å². The Hall–Kier alpha value is -1.49. The van der Waals surface area contributed by atoms with Gasteiger partial charge in [-0.1, -0.05) is 46.9 Å². The Bertz CT molecular complexity index is 784. The average Bonchev–Trinajstić information content (AvgIpc) is 2.99. The van der Waals surface area contributed by atoms with Gasteiger partial charge in [-0.2, -0.15) is 0 Å². The summed E-state index contributed by atoms with van der Waals surface area (Å²) in [5, 5.41) is 0.690. The van der Waals surface area contributed by atoms with Crippen LogP contribution in [0, 0.1) is 5.82 Å². The second-order valence-electron chi connectivity index (χ2n) is 5.57. The minimum absolute atomic E-state index is 0.203. The Morgan fingerprint density at radius 2 is 1.65 bits per heavy atom. The van der Waals surface area contributed by atoms with Crippen molar-refractivity contribution >= 4 is 33.8 Å². The summed E-state index contributed by atoms with van der Waals surface area (Å²) in [6.07, 6.45) is 2.87. The van der Waals surface area contributed by atoms with Gasteiger partial charge in [0, 0.05) is 10.8 Å². The van der Waals surface area contributed by atoms with E-state index < -0.39 is 16.9 Å². The Kier molecular flexibility index (Phi) is 4.95. The van der Waals surface area contributed by atoms with E-state index in [1.807, 2.05) is 30.3 Å². The molecular weight excluding hydrogens is 335 g/mol. The highest BCUT2D eigenvalue weighted by atomic mass is 35.5. The van der Waals surface area contributed by atoms with Crippen molar-refractivity contribution in [3.8, 4) is 0 Å². The molecule has 5 heteroatoms. The van der Waals surface area contributed by atoms with Crippen LogP contribution in [-0.4, -0.2) is 8.76 Å². The quantitative estimate of drug-likeness (QED) is 0.732. The lowest BCUT2D eigenvalue weighted by molar-refractivity contribution is 0.533. The van der Waals surface area contributed by atoms with Gasteiger partial charge in [-0.3, -0.25) is 4.21 Å². The monoisotopic (exact) mass is 349 g/mol. The van der Waals surface area contributed by atoms with Crippen molar-refractivity contribution in [3.05, 3.63) is 70.0 Å². The molecule has 2 nitrogen and oxygen atoms in total. The largest absolute Gasteiger partial charge is 0.772 e. The molecule has 0 amide bonds. The number of allylic oxidation sites excluding steroid dienone is 2. The summed E-state index contributed by atoms with van der Waals surface area (Å²) in [5.74, 6) is -0.767. The zero-order valence-corrected chi connectivity index (χ0v) is 13.9. The van der Waals surface area contributed by atoms with Crippen LogP contribution in [-0.2, 0) is 16.8 Å². The normalized spacial score (nSPS) is 16.0. The fourth-order valence-corrected chi connectivity index (χ4v) is 3.63. The lowest BCUT2D eigenvalue weighted by atomic mass is 9.96. The summed E-state index contributed by atoms with van der Waals surface area (Å²) in [6, 6.07) is 12.5. The van der Waals surface area contributed by atoms with Gasteiger partial charge in [-0.15, -0.1) is 0 Å². The minimum Gasteiger partial charge on any atom is -0.772 e. The molecule has 0 aromatic heterocycles. The van der Waals surface area contributed by atoms with Crippen LogP contribution >= 0.6 is 11.6 Å². The van der Waals surface area contributed by atoms with E-state index in [4.69, 9.17) is 11.6 Å². The van der Waals surface area contributed by atoms with Crippen LogP contribution < -0.4 is 0 Å². The van der Waals surface area contributed by atoms with Gasteiger partial charge in [0.1, 0.15) is 5.82 Å². The molecule has 0 aliphatic heterocycles. The molecule has 2 aromatic carbocycles. The molecule has 1 unspecified atom stereocenters. The molecule has 0 saturated heterocycles. The number of benzene rings is 2. The lowest BCUT2D eigenvalue weighted by Crippen LogP contribution is -1.98. The summed E-state index contributed by atoms with van der Waals surface area (Å²) in [6.45, 7) is 0. The molecule has 0 heterocycles. The molecule has 0 bridgehead atoms. The first-order chi connectivity index (χ1) is 11.0. The second kappa shape index (κ2) is 6.95. The summed E-state index contributed by atoms with van der Waals surface area (Å²) in [5.41, 5.74) is 4.47. The molecule has 120 valence electrons. The minimum atomic E-state index is -2.29. The molecular formula is C18H15ClFO2S-. The van der Waals surface area contributed by atoms with Crippen molar-refractivity contribution in [2.45, 2.75) is 25.0 Å². The fraction of sp³-hybridized carbons (Fsp3) is 0.222. The number of hydrogen-bond donors (Lipinski definition) is 0. The van der Waals surface area contributed by atoms with Crippen molar-refractivity contribution in [1.29, 1.82) is 0 Å². The van der Waals surface area contributed by atoms with Crippen molar-refractivity contribution in [3.63, 3.8) is 0 Å². The van der Waals surface area contributed by atoms with Crippen LogP contribution in [0.15, 0.2) is 42.5 Å². The number of hydrogen-bond acceptors (Lipinski definition) is 2. The third-order valence-electron chi connectivity index (χ3n) is 4.09. The standard InChI is InChI=1S/C18H16ClFO2S/c19-15-8-6-12(7-9-15)16-2-1-3-17(16)13-4-5-14(11-23(21)22)18(20)10-13/h4-10H,1-3,11H2,(H,21,22)/p-1. The van der Waals surface area contributed by atoms with E-state index >= 15 is 0 Å². The molecule has 1 aliphatic carbocycles. The highest BCUT2D eigenvalue weighted by Crippen LogP contribution is 2.40. The Balaban J connectivity index is 1.98. The molecule has 0 radical (unpaired) electrons. The molecule has 0 saturated carbocycles. The van der Waals surface area contributed by atoms with Crippen molar-refractivity contribution in [2.75, 3.05) is 0 Å². The SMILES string of the molecule is O=S([O-])Cc1ccc(C2=C(c3ccc(Cl)cc3)CCC2)cc1F. The number of rotatable bonds is 4. The first-order valence-electron chi connectivity index (χ1n) is 7.37. The van der Waals surface area contributed by atoms with Crippen molar-refractivity contribution < 1.29 is 13.2 Å². The van der Waals surface area contributed by atoms with E-state index in [0.29, 0.717) is 5.02 Å². The summed E-state index contributed by atoms with van der Waals surface area (Å²) in [7, 11) is 0. The summed E-state index contributed by atoms with van der Waals surface area (Å²) < 4.78 is 35.6. The van der Waals surface area contributed by atoms with Gasteiger partial charge in [-0.05, 0) is 65.3 Å². The average molecular weight is 350 g/mol. The van der Waals surface area contributed by atoms with Crippen LogP contribution in [0.3, 0.4) is 0 Å². The third kappa shape index (κ3) is 3.71. The summed E-state index contributed by atoms with van der Waals surface area (Å²) in [4.78, 5) is 0. The van der Waals surface area contributed by atoms with Gasteiger partial charge in [-0.25, -0.2) is 4.39 Å². The molecule has 2 aromatic rings. The summed E-state index contributed by atoms with van der Waals surface area (Å²) >= 11 is 3.65. The van der Waals surface area contributed by atoms with E-state index in [1.54, 1.807) is 6.07 Å². The highest BCUT2D eigenvalue weighted by molar-refractivity contribution is 7.78. The molecule has 23 heavy (non-hydrogen) atoms. The van der Waals surface area contributed by atoms with Gasteiger partial charge in [0.05, 0.1) is 0 Å². The third-order valence-corrected chi connectivity index (χ3v) is 4.88. The first-order valence-corrected chi connectivity index (χ1v) is 8.99. The van der Waals surface area contributed by atoms with Gasteiger partial charge < -0.3 is 4.55 Å².